The summed E-state index contributed by atoms with van der Waals surface area (Å²) in [6.45, 7) is 0. The Morgan fingerprint density at radius 2 is 2.16 bits per heavy atom. The number of hydrogen-bond acceptors (Lipinski definition) is 4. The van der Waals surface area contributed by atoms with E-state index in [9.17, 15) is 10.1 Å². The van der Waals surface area contributed by atoms with Crippen LogP contribution in [0.1, 0.15) is 29.5 Å². The molecule has 25 heavy (non-hydrogen) atoms. The highest BCUT2D eigenvalue weighted by Gasteiger charge is 2.42. The predicted octanol–water partition coefficient (Wildman–Crippen LogP) is 5.08. The molecule has 2 aromatic carbocycles. The lowest BCUT2D eigenvalue weighted by Crippen LogP contribution is -2.29. The number of allylic oxidation sites excluding steroid dienone is 2. The zero-order valence-corrected chi connectivity index (χ0v) is 14.4. The second-order valence-corrected chi connectivity index (χ2v) is 6.77. The molecular formula is C19H17ClN2O3. The molecule has 4 rings (SSSR count). The summed E-state index contributed by atoms with van der Waals surface area (Å²) in [6, 6.07) is 11.0. The van der Waals surface area contributed by atoms with E-state index in [0.717, 1.165) is 17.7 Å². The molecule has 0 bridgehead atoms. The second-order valence-electron chi connectivity index (χ2n) is 6.36. The Morgan fingerprint density at radius 1 is 1.32 bits per heavy atom. The van der Waals surface area contributed by atoms with Crippen LogP contribution in [-0.2, 0) is 0 Å². The van der Waals surface area contributed by atoms with Crippen molar-refractivity contribution in [2.75, 3.05) is 12.4 Å². The van der Waals surface area contributed by atoms with E-state index < -0.39 is 0 Å². The fourth-order valence-corrected chi connectivity index (χ4v) is 4.20. The van der Waals surface area contributed by atoms with E-state index in [2.05, 4.69) is 17.5 Å². The van der Waals surface area contributed by atoms with Gasteiger partial charge in [0.1, 0.15) is 5.75 Å². The van der Waals surface area contributed by atoms with Gasteiger partial charge in [-0.25, -0.2) is 0 Å². The monoisotopic (exact) mass is 356 g/mol. The van der Waals surface area contributed by atoms with Gasteiger partial charge in [0.2, 0.25) is 0 Å². The molecule has 1 heterocycles. The van der Waals surface area contributed by atoms with Crippen LogP contribution in [0.5, 0.6) is 5.75 Å². The maximum absolute atomic E-state index is 11.5. The standard InChI is InChI=1S/C19H17ClN2O3/c1-25-12-5-2-4-11(10-12)18-14-7-3-6-13(14)17-16(22(23)24)9-8-15(20)19(17)21-18/h2-6,8-10,13-14,18,21H,7H2,1H3/t13-,14+,18+/m1/s1. The van der Waals surface area contributed by atoms with E-state index in [-0.39, 0.29) is 28.5 Å². The van der Waals surface area contributed by atoms with Crippen molar-refractivity contribution in [1.82, 2.24) is 0 Å². The lowest BCUT2D eigenvalue weighted by atomic mass is 9.76. The SMILES string of the molecule is COc1cccc([C@@H]2Nc3c(Cl)ccc([N+](=O)[O-])c3[C@@H]3C=CC[C@@H]32)c1. The van der Waals surface area contributed by atoms with Crippen LogP contribution in [-0.4, -0.2) is 12.0 Å². The molecule has 3 atom stereocenters. The van der Waals surface area contributed by atoms with Gasteiger partial charge in [-0.05, 0) is 36.1 Å². The summed E-state index contributed by atoms with van der Waals surface area (Å²) >= 11 is 6.39. The van der Waals surface area contributed by atoms with Crippen molar-refractivity contribution >= 4 is 23.0 Å². The molecule has 0 fully saturated rings. The number of nitrogens with zero attached hydrogens (tertiary/aromatic N) is 1. The maximum atomic E-state index is 11.5. The Balaban J connectivity index is 1.85. The average molecular weight is 357 g/mol. The zero-order valence-electron chi connectivity index (χ0n) is 13.6. The molecule has 2 aliphatic rings. The van der Waals surface area contributed by atoms with Crippen molar-refractivity contribution in [1.29, 1.82) is 0 Å². The number of nitro benzene ring substituents is 1. The van der Waals surface area contributed by atoms with Gasteiger partial charge in [-0.2, -0.15) is 0 Å². The fourth-order valence-electron chi connectivity index (χ4n) is 3.98. The number of benzene rings is 2. The predicted molar refractivity (Wildman–Crippen MR) is 97.5 cm³/mol. The Hall–Kier alpha value is -2.53. The van der Waals surface area contributed by atoms with Crippen LogP contribution in [0.3, 0.4) is 0 Å². The van der Waals surface area contributed by atoms with E-state index in [4.69, 9.17) is 16.3 Å². The van der Waals surface area contributed by atoms with Crippen molar-refractivity contribution in [2.24, 2.45) is 5.92 Å². The van der Waals surface area contributed by atoms with Crippen molar-refractivity contribution in [3.63, 3.8) is 0 Å². The van der Waals surface area contributed by atoms with E-state index in [1.165, 1.54) is 6.07 Å². The summed E-state index contributed by atoms with van der Waals surface area (Å²) in [5.74, 6) is 0.973. The first-order valence-corrected chi connectivity index (χ1v) is 8.52. The molecular weight excluding hydrogens is 340 g/mol. The van der Waals surface area contributed by atoms with Gasteiger partial charge in [0.15, 0.2) is 0 Å². The summed E-state index contributed by atoms with van der Waals surface area (Å²) in [5.41, 5.74) is 2.57. The highest BCUT2D eigenvalue weighted by molar-refractivity contribution is 6.33. The molecule has 0 spiro atoms. The smallest absolute Gasteiger partial charge is 0.275 e. The van der Waals surface area contributed by atoms with Crippen LogP contribution >= 0.6 is 11.6 Å². The molecule has 2 aromatic rings. The van der Waals surface area contributed by atoms with E-state index >= 15 is 0 Å². The van der Waals surface area contributed by atoms with Gasteiger partial charge < -0.3 is 10.1 Å². The van der Waals surface area contributed by atoms with Gasteiger partial charge in [-0.3, -0.25) is 10.1 Å². The first-order chi connectivity index (χ1) is 12.1. The van der Waals surface area contributed by atoms with Crippen molar-refractivity contribution in [3.05, 3.63) is 74.8 Å². The highest BCUT2D eigenvalue weighted by Crippen LogP contribution is 2.54. The number of anilines is 1. The normalized spacial score (nSPS) is 23.5. The van der Waals surface area contributed by atoms with Crippen LogP contribution in [0.4, 0.5) is 11.4 Å². The average Bonchev–Trinajstić information content (AvgIpc) is 3.11. The van der Waals surface area contributed by atoms with E-state index in [1.54, 1.807) is 13.2 Å². The van der Waals surface area contributed by atoms with Crippen LogP contribution in [0.25, 0.3) is 0 Å². The van der Waals surface area contributed by atoms with Crippen LogP contribution in [0.15, 0.2) is 48.6 Å². The third-order valence-corrected chi connectivity index (χ3v) is 5.41. The van der Waals surface area contributed by atoms with E-state index in [0.29, 0.717) is 16.3 Å². The molecule has 0 amide bonds. The third kappa shape index (κ3) is 2.55. The van der Waals surface area contributed by atoms with Crippen LogP contribution in [0, 0.1) is 16.0 Å². The summed E-state index contributed by atoms with van der Waals surface area (Å²) in [6.07, 6.45) is 5.04. The van der Waals surface area contributed by atoms with Gasteiger partial charge in [0, 0.05) is 12.0 Å². The van der Waals surface area contributed by atoms with Gasteiger partial charge >= 0.3 is 0 Å². The van der Waals surface area contributed by atoms with E-state index in [1.807, 2.05) is 24.3 Å². The minimum absolute atomic E-state index is 0.0158. The number of nitrogens with one attached hydrogen (secondary N) is 1. The Morgan fingerprint density at radius 3 is 2.92 bits per heavy atom. The van der Waals surface area contributed by atoms with Crippen LogP contribution in [0.2, 0.25) is 5.02 Å². The largest absolute Gasteiger partial charge is 0.497 e. The highest BCUT2D eigenvalue weighted by atomic mass is 35.5. The molecule has 1 aliphatic carbocycles. The lowest BCUT2D eigenvalue weighted by molar-refractivity contribution is -0.385. The maximum Gasteiger partial charge on any atom is 0.275 e. The number of nitro groups is 1. The topological polar surface area (TPSA) is 64.4 Å². The molecule has 0 saturated heterocycles. The quantitative estimate of drug-likeness (QED) is 0.473. The summed E-state index contributed by atoms with van der Waals surface area (Å²) in [5, 5.41) is 15.5. The number of hydrogen-bond donors (Lipinski definition) is 1. The van der Waals surface area contributed by atoms with Gasteiger partial charge in [-0.15, -0.1) is 0 Å². The number of halogens is 1. The number of fused-ring (bicyclic) bond motifs is 3. The number of methoxy groups -OCH3 is 1. The minimum Gasteiger partial charge on any atom is -0.497 e. The fraction of sp³-hybridized carbons (Fsp3) is 0.263. The summed E-state index contributed by atoms with van der Waals surface area (Å²) < 4.78 is 5.34. The molecule has 1 N–H and O–H groups in total. The third-order valence-electron chi connectivity index (χ3n) is 5.10. The summed E-state index contributed by atoms with van der Waals surface area (Å²) in [7, 11) is 1.64. The van der Waals surface area contributed by atoms with Crippen molar-refractivity contribution in [2.45, 2.75) is 18.4 Å². The molecule has 0 aromatic heterocycles. The Bertz CT molecular complexity index is 881. The lowest BCUT2D eigenvalue weighted by Gasteiger charge is -2.37. The molecule has 0 saturated carbocycles. The minimum atomic E-state index is -0.327. The van der Waals surface area contributed by atoms with Crippen LogP contribution < -0.4 is 10.1 Å². The molecule has 6 heteroatoms. The zero-order chi connectivity index (χ0) is 17.6. The molecule has 0 radical (unpaired) electrons. The molecule has 1 aliphatic heterocycles. The van der Waals surface area contributed by atoms with Crippen molar-refractivity contribution < 1.29 is 9.66 Å². The van der Waals surface area contributed by atoms with Gasteiger partial charge in [0.25, 0.3) is 5.69 Å². The molecule has 0 unspecified atom stereocenters. The molecule has 128 valence electrons. The number of ether oxygens (including phenoxy) is 1. The van der Waals surface area contributed by atoms with Crippen molar-refractivity contribution in [3.8, 4) is 5.75 Å². The first kappa shape index (κ1) is 16.0. The molecule has 5 nitrogen and oxygen atoms in total. The van der Waals surface area contributed by atoms with Gasteiger partial charge in [0.05, 0.1) is 34.3 Å². The van der Waals surface area contributed by atoms with Gasteiger partial charge in [-0.1, -0.05) is 35.9 Å². The Kier molecular flexibility index (Phi) is 3.88. The Labute approximate surface area is 150 Å². The first-order valence-electron chi connectivity index (χ1n) is 8.14. The number of rotatable bonds is 3. The summed E-state index contributed by atoms with van der Waals surface area (Å²) in [4.78, 5) is 11.2. The second kappa shape index (κ2) is 6.08.